The van der Waals surface area contributed by atoms with E-state index in [0.29, 0.717) is 0 Å². The smallest absolute Gasteiger partial charge is 0.0964 e. The van der Waals surface area contributed by atoms with Crippen molar-refractivity contribution in [2.24, 2.45) is 0 Å². The Morgan fingerprint density at radius 2 is 1.63 bits per heavy atom. The molecule has 0 spiro atoms. The molecule has 19 heavy (non-hydrogen) atoms. The van der Waals surface area contributed by atoms with Gasteiger partial charge in [-0.15, -0.1) is 0 Å². The summed E-state index contributed by atoms with van der Waals surface area (Å²) >= 11 is 0. The highest BCUT2D eigenvalue weighted by atomic mass is 14.8. The quantitative estimate of drug-likeness (QED) is 0.679. The first-order valence-corrected chi connectivity index (χ1v) is 6.28. The number of benzene rings is 1. The number of aryl methyl sites for hydroxylation is 1. The highest BCUT2D eigenvalue weighted by Gasteiger charge is 2.09. The number of rotatable bonds is 2. The van der Waals surface area contributed by atoms with Gasteiger partial charge < -0.3 is 0 Å². The Morgan fingerprint density at radius 3 is 2.37 bits per heavy atom. The van der Waals surface area contributed by atoms with Crippen LogP contribution >= 0.6 is 0 Å². The monoisotopic (exact) mass is 246 g/mol. The maximum absolute atomic E-state index is 4.56. The van der Waals surface area contributed by atoms with Gasteiger partial charge >= 0.3 is 0 Å². The fourth-order valence-corrected chi connectivity index (χ4v) is 2.11. The second-order valence-corrected chi connectivity index (χ2v) is 4.49. The third-order valence-electron chi connectivity index (χ3n) is 3.02. The summed E-state index contributed by atoms with van der Waals surface area (Å²) in [6.07, 6.45) is 3.68. The summed E-state index contributed by atoms with van der Waals surface area (Å²) in [5, 5.41) is 0. The Hall–Kier alpha value is -2.48. The summed E-state index contributed by atoms with van der Waals surface area (Å²) in [5.74, 6) is 0. The predicted molar refractivity (Wildman–Crippen MR) is 77.6 cm³/mol. The molecule has 2 nitrogen and oxygen atoms in total. The lowest BCUT2D eigenvalue weighted by atomic mass is 10.0. The Morgan fingerprint density at radius 1 is 0.842 bits per heavy atom. The van der Waals surface area contributed by atoms with Gasteiger partial charge in [0.05, 0.1) is 11.4 Å². The fourth-order valence-electron chi connectivity index (χ4n) is 2.11. The van der Waals surface area contributed by atoms with Crippen LogP contribution in [0.3, 0.4) is 0 Å². The minimum Gasteiger partial charge on any atom is -0.255 e. The van der Waals surface area contributed by atoms with E-state index in [1.54, 1.807) is 6.20 Å². The number of nitrogens with zero attached hydrogens (tertiary/aromatic N) is 2. The van der Waals surface area contributed by atoms with E-state index in [1.165, 1.54) is 5.56 Å². The SMILES string of the molecule is Cc1cnc(-c2ccccn2)c(-c2ccccc2)c1. The first-order chi connectivity index (χ1) is 9.34. The summed E-state index contributed by atoms with van der Waals surface area (Å²) in [4.78, 5) is 8.96. The molecule has 0 aliphatic rings. The molecule has 0 fully saturated rings. The van der Waals surface area contributed by atoms with Gasteiger partial charge in [0.25, 0.3) is 0 Å². The predicted octanol–water partition coefficient (Wildman–Crippen LogP) is 4.12. The van der Waals surface area contributed by atoms with Crippen molar-refractivity contribution in [3.8, 4) is 22.5 Å². The summed E-state index contributed by atoms with van der Waals surface area (Å²) in [6.45, 7) is 2.06. The molecule has 0 aliphatic carbocycles. The van der Waals surface area contributed by atoms with Crippen molar-refractivity contribution in [1.82, 2.24) is 9.97 Å². The van der Waals surface area contributed by atoms with Gasteiger partial charge in [0.15, 0.2) is 0 Å². The molecule has 3 aromatic rings. The van der Waals surface area contributed by atoms with Gasteiger partial charge in [-0.05, 0) is 36.2 Å². The Labute approximate surface area is 112 Å². The van der Waals surface area contributed by atoms with Gasteiger partial charge in [0, 0.05) is 18.0 Å². The Bertz CT molecular complexity index is 676. The van der Waals surface area contributed by atoms with Crippen LogP contribution in [0.15, 0.2) is 67.0 Å². The Kier molecular flexibility index (Phi) is 3.07. The molecule has 2 heteroatoms. The average Bonchev–Trinajstić information content (AvgIpc) is 2.49. The number of hydrogen-bond acceptors (Lipinski definition) is 2. The molecule has 0 saturated heterocycles. The summed E-state index contributed by atoms with van der Waals surface area (Å²) < 4.78 is 0. The van der Waals surface area contributed by atoms with Crippen LogP contribution in [0, 0.1) is 6.92 Å². The molecule has 0 unspecified atom stereocenters. The van der Waals surface area contributed by atoms with Crippen LogP contribution in [0.25, 0.3) is 22.5 Å². The van der Waals surface area contributed by atoms with Gasteiger partial charge in [0.2, 0.25) is 0 Å². The van der Waals surface area contributed by atoms with Crippen LogP contribution < -0.4 is 0 Å². The summed E-state index contributed by atoms with van der Waals surface area (Å²) in [6, 6.07) is 18.4. The van der Waals surface area contributed by atoms with E-state index in [-0.39, 0.29) is 0 Å². The molecular formula is C17H14N2. The van der Waals surface area contributed by atoms with Gasteiger partial charge in [-0.1, -0.05) is 36.4 Å². The van der Waals surface area contributed by atoms with Crippen LogP contribution in [0.1, 0.15) is 5.56 Å². The number of aromatic nitrogens is 2. The van der Waals surface area contributed by atoms with Crippen molar-refractivity contribution in [2.45, 2.75) is 6.92 Å². The lowest BCUT2D eigenvalue weighted by molar-refractivity contribution is 1.22. The Balaban J connectivity index is 2.21. The first-order valence-electron chi connectivity index (χ1n) is 6.28. The zero-order valence-electron chi connectivity index (χ0n) is 10.7. The third-order valence-corrected chi connectivity index (χ3v) is 3.02. The average molecular weight is 246 g/mol. The second-order valence-electron chi connectivity index (χ2n) is 4.49. The molecule has 0 amide bonds. The molecule has 0 N–H and O–H groups in total. The number of pyridine rings is 2. The van der Waals surface area contributed by atoms with Crippen molar-refractivity contribution in [1.29, 1.82) is 0 Å². The topological polar surface area (TPSA) is 25.8 Å². The largest absolute Gasteiger partial charge is 0.255 e. The van der Waals surface area contributed by atoms with Crippen LogP contribution in [-0.2, 0) is 0 Å². The fraction of sp³-hybridized carbons (Fsp3) is 0.0588. The molecule has 0 atom stereocenters. The van der Waals surface area contributed by atoms with Crippen LogP contribution in [0.5, 0.6) is 0 Å². The molecule has 0 saturated carbocycles. The molecule has 2 heterocycles. The lowest BCUT2D eigenvalue weighted by Gasteiger charge is -2.09. The van der Waals surface area contributed by atoms with Crippen LogP contribution in [0.2, 0.25) is 0 Å². The van der Waals surface area contributed by atoms with Crippen molar-refractivity contribution in [3.63, 3.8) is 0 Å². The van der Waals surface area contributed by atoms with Crippen molar-refractivity contribution in [3.05, 3.63) is 72.6 Å². The maximum Gasteiger partial charge on any atom is 0.0964 e. The molecule has 0 aliphatic heterocycles. The highest BCUT2D eigenvalue weighted by molar-refractivity contribution is 5.79. The van der Waals surface area contributed by atoms with Crippen molar-refractivity contribution < 1.29 is 0 Å². The maximum atomic E-state index is 4.56. The van der Waals surface area contributed by atoms with Gasteiger partial charge in [-0.3, -0.25) is 9.97 Å². The molecule has 0 bridgehead atoms. The minimum atomic E-state index is 0.904. The molecule has 92 valence electrons. The standard InChI is InChI=1S/C17H14N2/c1-13-11-15(14-7-3-2-4-8-14)17(19-12-13)16-9-5-6-10-18-16/h2-12H,1H3. The summed E-state index contributed by atoms with van der Waals surface area (Å²) in [5.41, 5.74) is 5.27. The zero-order valence-corrected chi connectivity index (χ0v) is 10.7. The van der Waals surface area contributed by atoms with Crippen molar-refractivity contribution in [2.75, 3.05) is 0 Å². The zero-order chi connectivity index (χ0) is 13.1. The first kappa shape index (κ1) is 11.6. The van der Waals surface area contributed by atoms with Gasteiger partial charge in [-0.2, -0.15) is 0 Å². The van der Waals surface area contributed by atoms with Crippen LogP contribution in [0.4, 0.5) is 0 Å². The van der Waals surface area contributed by atoms with E-state index in [9.17, 15) is 0 Å². The molecule has 1 aromatic carbocycles. The molecule has 3 rings (SSSR count). The lowest BCUT2D eigenvalue weighted by Crippen LogP contribution is -1.92. The molecular weight excluding hydrogens is 232 g/mol. The van der Waals surface area contributed by atoms with Gasteiger partial charge in [-0.25, -0.2) is 0 Å². The van der Waals surface area contributed by atoms with E-state index in [2.05, 4.69) is 35.1 Å². The normalized spacial score (nSPS) is 10.4. The number of hydrogen-bond donors (Lipinski definition) is 0. The molecule has 2 aromatic heterocycles. The van der Waals surface area contributed by atoms with Crippen LogP contribution in [-0.4, -0.2) is 9.97 Å². The summed E-state index contributed by atoms with van der Waals surface area (Å²) in [7, 11) is 0. The van der Waals surface area contributed by atoms with E-state index < -0.39 is 0 Å². The van der Waals surface area contributed by atoms with E-state index in [1.807, 2.05) is 42.6 Å². The van der Waals surface area contributed by atoms with E-state index >= 15 is 0 Å². The second kappa shape index (κ2) is 5.02. The van der Waals surface area contributed by atoms with E-state index in [4.69, 9.17) is 0 Å². The van der Waals surface area contributed by atoms with E-state index in [0.717, 1.165) is 22.5 Å². The molecule has 0 radical (unpaired) electrons. The highest BCUT2D eigenvalue weighted by Crippen LogP contribution is 2.29. The van der Waals surface area contributed by atoms with Gasteiger partial charge in [0.1, 0.15) is 0 Å². The minimum absolute atomic E-state index is 0.904. The third kappa shape index (κ3) is 2.38. The van der Waals surface area contributed by atoms with Crippen molar-refractivity contribution >= 4 is 0 Å².